The molecule has 3 aromatic rings. The fourth-order valence-electron chi connectivity index (χ4n) is 6.74. The van der Waals surface area contributed by atoms with Gasteiger partial charge < -0.3 is 4.74 Å². The minimum absolute atomic E-state index is 0.00744. The van der Waals surface area contributed by atoms with Crippen molar-refractivity contribution >= 4 is 28.4 Å². The molecule has 1 aromatic heterocycles. The second kappa shape index (κ2) is 10.2. The van der Waals surface area contributed by atoms with Crippen LogP contribution in [-0.2, 0) is 0 Å². The molecular weight excluding hydrogens is 442 g/mol. The number of aromatic nitrogens is 1. The number of fused-ring (bicyclic) bond motifs is 1. The first-order valence-corrected chi connectivity index (χ1v) is 13.4. The van der Waals surface area contributed by atoms with Gasteiger partial charge in [0, 0.05) is 21.7 Å². The van der Waals surface area contributed by atoms with Crippen LogP contribution in [0.1, 0.15) is 91.7 Å². The van der Waals surface area contributed by atoms with Gasteiger partial charge in [-0.15, -0.1) is 0 Å². The van der Waals surface area contributed by atoms with Gasteiger partial charge in [0.05, 0.1) is 12.6 Å². The molecule has 2 aliphatic carbocycles. The lowest BCUT2D eigenvalue weighted by molar-refractivity contribution is 0.0963. The van der Waals surface area contributed by atoms with Gasteiger partial charge in [-0.3, -0.25) is 9.36 Å². The van der Waals surface area contributed by atoms with Crippen molar-refractivity contribution in [3.05, 3.63) is 64.3 Å². The van der Waals surface area contributed by atoms with Gasteiger partial charge in [-0.2, -0.15) is 0 Å². The molecule has 5 rings (SSSR count). The summed E-state index contributed by atoms with van der Waals surface area (Å²) in [6, 6.07) is 13.4. The van der Waals surface area contributed by atoms with Crippen molar-refractivity contribution in [2.45, 2.75) is 77.0 Å². The van der Waals surface area contributed by atoms with Crippen LogP contribution in [0.3, 0.4) is 0 Å². The summed E-state index contributed by atoms with van der Waals surface area (Å²) in [6.07, 6.45) is 13.4. The lowest BCUT2D eigenvalue weighted by atomic mass is 9.74. The first kappa shape index (κ1) is 23.5. The highest BCUT2D eigenvalue weighted by molar-refractivity contribution is 6.30. The molecule has 0 aliphatic heterocycles. The van der Waals surface area contributed by atoms with Crippen molar-refractivity contribution in [2.75, 3.05) is 7.11 Å². The number of hydrogen-bond donors (Lipinski definition) is 0. The predicted octanol–water partition coefficient (Wildman–Crippen LogP) is 8.54. The number of nitrogens with zero attached hydrogens (tertiary/aromatic N) is 1. The van der Waals surface area contributed by atoms with Crippen molar-refractivity contribution in [3.8, 4) is 5.75 Å². The third-order valence-corrected chi connectivity index (χ3v) is 8.70. The van der Waals surface area contributed by atoms with Crippen molar-refractivity contribution in [2.24, 2.45) is 11.8 Å². The molecule has 2 fully saturated rings. The number of benzene rings is 2. The van der Waals surface area contributed by atoms with Crippen LogP contribution in [0.15, 0.2) is 42.5 Å². The highest BCUT2D eigenvalue weighted by Gasteiger charge is 2.32. The molecular formula is C30H36ClNO2. The van der Waals surface area contributed by atoms with Crippen LogP contribution in [0.5, 0.6) is 5.75 Å². The minimum Gasteiger partial charge on any atom is -0.497 e. The van der Waals surface area contributed by atoms with E-state index in [1.165, 1.54) is 75.2 Å². The number of ether oxygens (including phenoxy) is 1. The molecule has 2 atom stereocenters. The van der Waals surface area contributed by atoms with E-state index < -0.39 is 0 Å². The molecule has 0 spiro atoms. The molecule has 0 saturated heterocycles. The molecule has 3 nitrogen and oxygen atoms in total. The van der Waals surface area contributed by atoms with Gasteiger partial charge in [-0.05, 0) is 85.5 Å². The number of halogens is 1. The van der Waals surface area contributed by atoms with Crippen LogP contribution < -0.4 is 4.74 Å². The van der Waals surface area contributed by atoms with Crippen molar-refractivity contribution < 1.29 is 9.53 Å². The van der Waals surface area contributed by atoms with Gasteiger partial charge >= 0.3 is 0 Å². The third kappa shape index (κ3) is 4.52. The summed E-state index contributed by atoms with van der Waals surface area (Å²) in [4.78, 5) is 13.7. The van der Waals surface area contributed by atoms with E-state index in [1.807, 2.05) is 28.8 Å². The van der Waals surface area contributed by atoms with Gasteiger partial charge in [0.15, 0.2) is 0 Å². The molecule has 4 heteroatoms. The predicted molar refractivity (Wildman–Crippen MR) is 140 cm³/mol. The zero-order chi connectivity index (χ0) is 23.7. The Morgan fingerprint density at radius 2 is 1.59 bits per heavy atom. The second-order valence-corrected chi connectivity index (χ2v) is 10.8. The van der Waals surface area contributed by atoms with Gasteiger partial charge in [0.1, 0.15) is 5.75 Å². The van der Waals surface area contributed by atoms with Crippen LogP contribution in [0.25, 0.3) is 10.9 Å². The molecule has 1 unspecified atom stereocenters. The van der Waals surface area contributed by atoms with E-state index in [2.05, 4.69) is 13.0 Å². The summed E-state index contributed by atoms with van der Waals surface area (Å²) < 4.78 is 7.53. The Kier molecular flexibility index (Phi) is 7.01. The summed E-state index contributed by atoms with van der Waals surface area (Å²) in [5.41, 5.74) is 4.08. The SMILES string of the molecule is COc1ccc2c(c1)c(C1CCCC[C@H](C3CCCCC3)C1)c(C)n2C(=O)c1ccc(Cl)cc1. The fourth-order valence-corrected chi connectivity index (χ4v) is 6.87. The van der Waals surface area contributed by atoms with Gasteiger partial charge in [0.2, 0.25) is 0 Å². The highest BCUT2D eigenvalue weighted by Crippen LogP contribution is 2.46. The van der Waals surface area contributed by atoms with Crippen molar-refractivity contribution in [1.82, 2.24) is 4.57 Å². The van der Waals surface area contributed by atoms with Crippen molar-refractivity contribution in [1.29, 1.82) is 0 Å². The smallest absolute Gasteiger partial charge is 0.262 e. The third-order valence-electron chi connectivity index (χ3n) is 8.44. The monoisotopic (exact) mass is 477 g/mol. The van der Waals surface area contributed by atoms with E-state index in [0.29, 0.717) is 16.5 Å². The largest absolute Gasteiger partial charge is 0.497 e. The lowest BCUT2D eigenvalue weighted by Crippen LogP contribution is -2.19. The number of carbonyl (C=O) groups is 1. The Morgan fingerprint density at radius 3 is 2.32 bits per heavy atom. The average Bonchev–Trinajstić information content (AvgIpc) is 3.00. The highest BCUT2D eigenvalue weighted by atomic mass is 35.5. The molecule has 0 amide bonds. The first-order valence-electron chi connectivity index (χ1n) is 13.1. The number of hydrogen-bond acceptors (Lipinski definition) is 2. The van der Waals surface area contributed by atoms with E-state index >= 15 is 0 Å². The quantitative estimate of drug-likeness (QED) is 0.352. The van der Waals surface area contributed by atoms with E-state index in [9.17, 15) is 4.79 Å². The van der Waals surface area contributed by atoms with Gasteiger partial charge in [0.25, 0.3) is 5.91 Å². The molecule has 0 radical (unpaired) electrons. The summed E-state index contributed by atoms with van der Waals surface area (Å²) in [7, 11) is 1.72. The topological polar surface area (TPSA) is 31.2 Å². The van der Waals surface area contributed by atoms with Crippen molar-refractivity contribution in [3.63, 3.8) is 0 Å². The summed E-state index contributed by atoms with van der Waals surface area (Å²) in [5.74, 6) is 3.04. The van der Waals surface area contributed by atoms with Crippen LogP contribution >= 0.6 is 11.6 Å². The minimum atomic E-state index is 0.00744. The molecule has 34 heavy (non-hydrogen) atoms. The summed E-state index contributed by atoms with van der Waals surface area (Å²) >= 11 is 6.09. The fraction of sp³-hybridized carbons (Fsp3) is 0.500. The number of rotatable bonds is 4. The molecule has 2 aliphatic rings. The van der Waals surface area contributed by atoms with Crippen LogP contribution in [0.2, 0.25) is 5.02 Å². The van der Waals surface area contributed by atoms with Crippen LogP contribution in [-0.4, -0.2) is 17.6 Å². The van der Waals surface area contributed by atoms with E-state index in [1.54, 1.807) is 19.2 Å². The van der Waals surface area contributed by atoms with E-state index in [0.717, 1.165) is 28.8 Å². The lowest BCUT2D eigenvalue weighted by Gasteiger charge is -2.31. The standard InChI is InChI=1S/C30H36ClNO2/c1-20-29(24-11-7-6-10-23(18-24)21-8-4-3-5-9-21)27-19-26(34-2)16-17-28(27)32(20)30(33)22-12-14-25(31)15-13-22/h12-17,19,21,23-24H,3-11,18H2,1-2H3/t23-,24?/m0/s1. The number of carbonyl (C=O) groups excluding carboxylic acids is 1. The Labute approximate surface area is 208 Å². The van der Waals surface area contributed by atoms with Crippen LogP contribution in [0.4, 0.5) is 0 Å². The molecule has 1 heterocycles. The molecule has 2 saturated carbocycles. The first-order chi connectivity index (χ1) is 16.6. The Morgan fingerprint density at radius 1 is 0.912 bits per heavy atom. The maximum atomic E-state index is 13.7. The van der Waals surface area contributed by atoms with Gasteiger partial charge in [-0.25, -0.2) is 0 Å². The maximum absolute atomic E-state index is 13.7. The summed E-state index contributed by atoms with van der Waals surface area (Å²) in [6.45, 7) is 2.14. The second-order valence-electron chi connectivity index (χ2n) is 10.4. The molecule has 2 aromatic carbocycles. The number of methoxy groups -OCH3 is 1. The average molecular weight is 478 g/mol. The molecule has 0 bridgehead atoms. The van der Waals surface area contributed by atoms with Gasteiger partial charge in [-0.1, -0.05) is 63.0 Å². The Balaban J connectivity index is 1.58. The Hall–Kier alpha value is -2.26. The zero-order valence-electron chi connectivity index (χ0n) is 20.5. The summed E-state index contributed by atoms with van der Waals surface area (Å²) in [5, 5.41) is 1.82. The molecule has 180 valence electrons. The van der Waals surface area contributed by atoms with E-state index in [-0.39, 0.29) is 5.91 Å². The van der Waals surface area contributed by atoms with Crippen LogP contribution in [0, 0.1) is 18.8 Å². The van der Waals surface area contributed by atoms with E-state index in [4.69, 9.17) is 16.3 Å². The molecule has 0 N–H and O–H groups in total. The normalized spacial score (nSPS) is 22.0. The maximum Gasteiger partial charge on any atom is 0.262 e. The zero-order valence-corrected chi connectivity index (χ0v) is 21.2. The Bertz CT molecular complexity index is 1160.